The Hall–Kier alpha value is -3.76. The van der Waals surface area contributed by atoms with Crippen molar-refractivity contribution in [3.05, 3.63) is 123 Å². The summed E-state index contributed by atoms with van der Waals surface area (Å²) >= 11 is 19.3. The molecule has 5 rings (SSSR count). The maximum Gasteiger partial charge on any atom is 0.264 e. The molecule has 1 N–H and O–H groups in total. The van der Waals surface area contributed by atoms with E-state index in [1.54, 1.807) is 49.4 Å². The van der Waals surface area contributed by atoms with Crippen LogP contribution in [-0.2, 0) is 32.6 Å². The summed E-state index contributed by atoms with van der Waals surface area (Å²) < 4.78 is 35.6. The van der Waals surface area contributed by atoms with Crippen molar-refractivity contribution in [2.45, 2.75) is 62.6 Å². The number of ether oxygens (including phenoxy) is 1. The van der Waals surface area contributed by atoms with Gasteiger partial charge in [0, 0.05) is 39.6 Å². The van der Waals surface area contributed by atoms with Crippen LogP contribution in [0.15, 0.2) is 102 Å². The van der Waals surface area contributed by atoms with E-state index in [0.29, 0.717) is 20.6 Å². The fourth-order valence-corrected chi connectivity index (χ4v) is 8.03. The molecule has 12 heteroatoms. The van der Waals surface area contributed by atoms with Crippen LogP contribution in [0.4, 0.5) is 5.69 Å². The summed E-state index contributed by atoms with van der Waals surface area (Å²) in [6.07, 6.45) is 3.86. The zero-order chi connectivity index (χ0) is 35.0. The van der Waals surface area contributed by atoms with Gasteiger partial charge in [-0.15, -0.1) is 0 Å². The lowest BCUT2D eigenvalue weighted by atomic mass is 10.0. The van der Waals surface area contributed by atoms with Crippen molar-refractivity contribution in [1.29, 1.82) is 0 Å². The maximum absolute atomic E-state index is 14.8. The maximum atomic E-state index is 14.8. The third-order valence-corrected chi connectivity index (χ3v) is 11.2. The standard InChI is InChI=1S/C37H38Cl3N3O5S/c1-2-48-35-18-9-8-17-33(35)43(49(46,47)29-21-19-27(38)20-22-29)25-36(44)42(24-30-31(39)15-10-16-32(30)40)34(23-26-11-4-3-5-12-26)37(45)41-28-13-6-7-14-28/h3-5,8-12,15-22,28,34H,2,6-7,13-14,23-25H2,1H3,(H,41,45). The van der Waals surface area contributed by atoms with E-state index in [0.717, 1.165) is 35.6 Å². The number of nitrogens with zero attached hydrogens (tertiary/aromatic N) is 2. The molecule has 1 aliphatic carbocycles. The van der Waals surface area contributed by atoms with Gasteiger partial charge in [-0.2, -0.15) is 0 Å². The van der Waals surface area contributed by atoms with Gasteiger partial charge in [-0.3, -0.25) is 13.9 Å². The van der Waals surface area contributed by atoms with Crippen LogP contribution in [0.25, 0.3) is 0 Å². The number of sulfonamides is 1. The monoisotopic (exact) mass is 741 g/mol. The van der Waals surface area contributed by atoms with E-state index in [1.807, 2.05) is 30.3 Å². The smallest absolute Gasteiger partial charge is 0.264 e. The van der Waals surface area contributed by atoms with Gasteiger partial charge in [-0.25, -0.2) is 8.42 Å². The molecule has 1 fully saturated rings. The van der Waals surface area contributed by atoms with Crippen LogP contribution in [0.3, 0.4) is 0 Å². The van der Waals surface area contributed by atoms with E-state index < -0.39 is 28.5 Å². The number of para-hydroxylation sites is 2. The molecule has 1 atom stereocenters. The second kappa shape index (κ2) is 16.8. The van der Waals surface area contributed by atoms with Crippen LogP contribution in [0.2, 0.25) is 15.1 Å². The molecular weight excluding hydrogens is 705 g/mol. The number of carbonyl (C=O) groups is 2. The van der Waals surface area contributed by atoms with E-state index in [1.165, 1.54) is 29.2 Å². The summed E-state index contributed by atoms with van der Waals surface area (Å²) in [5.74, 6) is -0.702. The first kappa shape index (κ1) is 36.5. The molecule has 258 valence electrons. The summed E-state index contributed by atoms with van der Waals surface area (Å²) in [5, 5.41) is 4.14. The zero-order valence-corrected chi connectivity index (χ0v) is 30.1. The van der Waals surface area contributed by atoms with Crippen LogP contribution in [0, 0.1) is 0 Å². The van der Waals surface area contributed by atoms with Gasteiger partial charge in [0.05, 0.1) is 17.2 Å². The molecule has 0 spiro atoms. The number of carbonyl (C=O) groups excluding carboxylic acids is 2. The fraction of sp³-hybridized carbons (Fsp3) is 0.297. The lowest BCUT2D eigenvalue weighted by Gasteiger charge is -2.35. The SMILES string of the molecule is CCOc1ccccc1N(CC(=O)N(Cc1c(Cl)cccc1Cl)C(Cc1ccccc1)C(=O)NC1CCCC1)S(=O)(=O)c1ccc(Cl)cc1. The van der Waals surface area contributed by atoms with E-state index in [9.17, 15) is 18.0 Å². The first-order valence-corrected chi connectivity index (χ1v) is 18.7. The van der Waals surface area contributed by atoms with E-state index in [2.05, 4.69) is 5.32 Å². The number of benzene rings is 4. The van der Waals surface area contributed by atoms with E-state index in [4.69, 9.17) is 39.5 Å². The number of anilines is 1. The average molecular weight is 743 g/mol. The molecule has 0 aliphatic heterocycles. The summed E-state index contributed by atoms with van der Waals surface area (Å²) in [6.45, 7) is 1.25. The van der Waals surface area contributed by atoms with Crippen LogP contribution < -0.4 is 14.4 Å². The average Bonchev–Trinajstić information content (AvgIpc) is 3.60. The van der Waals surface area contributed by atoms with E-state index in [-0.39, 0.29) is 47.9 Å². The summed E-state index contributed by atoms with van der Waals surface area (Å²) in [7, 11) is -4.36. The Morgan fingerprint density at radius 3 is 2.14 bits per heavy atom. The van der Waals surface area contributed by atoms with Crippen molar-refractivity contribution in [2.24, 2.45) is 0 Å². The Morgan fingerprint density at radius 1 is 0.857 bits per heavy atom. The largest absolute Gasteiger partial charge is 0.492 e. The Morgan fingerprint density at radius 2 is 1.49 bits per heavy atom. The van der Waals surface area contributed by atoms with Crippen molar-refractivity contribution in [3.63, 3.8) is 0 Å². The Labute approximate surface area is 303 Å². The summed E-state index contributed by atoms with van der Waals surface area (Å²) in [4.78, 5) is 30.4. The van der Waals surface area contributed by atoms with Gasteiger partial charge >= 0.3 is 0 Å². The predicted octanol–water partition coefficient (Wildman–Crippen LogP) is 7.94. The first-order chi connectivity index (χ1) is 23.6. The molecule has 1 aliphatic rings. The Bertz CT molecular complexity index is 1830. The molecule has 8 nitrogen and oxygen atoms in total. The highest BCUT2D eigenvalue weighted by atomic mass is 35.5. The molecule has 0 saturated heterocycles. The minimum atomic E-state index is -4.36. The van der Waals surface area contributed by atoms with Gasteiger partial charge in [0.15, 0.2) is 0 Å². The highest BCUT2D eigenvalue weighted by Crippen LogP contribution is 2.34. The molecule has 1 saturated carbocycles. The lowest BCUT2D eigenvalue weighted by Crippen LogP contribution is -2.54. The summed E-state index contributed by atoms with van der Waals surface area (Å²) in [6, 6.07) is 25.7. The van der Waals surface area contributed by atoms with Crippen LogP contribution in [-0.4, -0.2) is 50.4 Å². The third kappa shape index (κ3) is 9.08. The van der Waals surface area contributed by atoms with Crippen LogP contribution >= 0.6 is 34.8 Å². The van der Waals surface area contributed by atoms with Gasteiger partial charge < -0.3 is 15.0 Å². The normalized spacial score (nSPS) is 13.9. The second-order valence-corrected chi connectivity index (χ2v) is 14.9. The Kier molecular flexibility index (Phi) is 12.5. The second-order valence-electron chi connectivity index (χ2n) is 11.8. The zero-order valence-electron chi connectivity index (χ0n) is 27.0. The molecule has 4 aromatic rings. The van der Waals surface area contributed by atoms with Crippen LogP contribution in [0.5, 0.6) is 5.75 Å². The van der Waals surface area contributed by atoms with Gasteiger partial charge in [-0.05, 0) is 73.9 Å². The highest BCUT2D eigenvalue weighted by molar-refractivity contribution is 7.92. The molecule has 2 amide bonds. The number of hydrogen-bond acceptors (Lipinski definition) is 5. The van der Waals surface area contributed by atoms with Crippen LogP contribution in [0.1, 0.15) is 43.7 Å². The number of rotatable bonds is 14. The molecular formula is C37H38Cl3N3O5S. The first-order valence-electron chi connectivity index (χ1n) is 16.1. The predicted molar refractivity (Wildman–Crippen MR) is 195 cm³/mol. The van der Waals surface area contributed by atoms with E-state index >= 15 is 0 Å². The highest BCUT2D eigenvalue weighted by Gasteiger charge is 2.37. The number of nitrogens with one attached hydrogen (secondary N) is 1. The van der Waals surface area contributed by atoms with Gasteiger partial charge in [0.1, 0.15) is 18.3 Å². The lowest BCUT2D eigenvalue weighted by molar-refractivity contribution is -0.140. The minimum Gasteiger partial charge on any atom is -0.492 e. The van der Waals surface area contributed by atoms with Gasteiger partial charge in [0.2, 0.25) is 11.8 Å². The fourth-order valence-electron chi connectivity index (χ4n) is 5.96. The molecule has 1 unspecified atom stereocenters. The number of amides is 2. The molecule has 4 aromatic carbocycles. The topological polar surface area (TPSA) is 96.0 Å². The number of hydrogen-bond donors (Lipinski definition) is 1. The third-order valence-electron chi connectivity index (χ3n) is 8.48. The minimum absolute atomic E-state index is 0.0218. The molecule has 0 bridgehead atoms. The van der Waals surface area contributed by atoms with Gasteiger partial charge in [-0.1, -0.05) is 96.2 Å². The quantitative estimate of drug-likeness (QED) is 0.142. The molecule has 49 heavy (non-hydrogen) atoms. The van der Waals surface area contributed by atoms with Crippen molar-refractivity contribution in [2.75, 3.05) is 17.5 Å². The van der Waals surface area contributed by atoms with Crippen molar-refractivity contribution in [3.8, 4) is 5.75 Å². The van der Waals surface area contributed by atoms with Crippen molar-refractivity contribution in [1.82, 2.24) is 10.2 Å². The van der Waals surface area contributed by atoms with Gasteiger partial charge in [0.25, 0.3) is 10.0 Å². The van der Waals surface area contributed by atoms with Crippen molar-refractivity contribution < 1.29 is 22.7 Å². The number of halogens is 3. The summed E-state index contributed by atoms with van der Waals surface area (Å²) in [5.41, 5.74) is 1.43. The molecule has 0 radical (unpaired) electrons. The van der Waals surface area contributed by atoms with Crippen molar-refractivity contribution >= 4 is 62.3 Å². The molecule has 0 aromatic heterocycles. The molecule has 0 heterocycles. The Balaban J connectivity index is 1.62.